The fraction of sp³-hybridized carbons (Fsp3) is 0.190. The highest BCUT2D eigenvalue weighted by Crippen LogP contribution is 2.32. The van der Waals surface area contributed by atoms with Crippen molar-refractivity contribution in [1.29, 1.82) is 0 Å². The Morgan fingerprint density at radius 1 is 1.10 bits per heavy atom. The van der Waals surface area contributed by atoms with Gasteiger partial charge in [-0.15, -0.1) is 0 Å². The zero-order valence-corrected chi connectivity index (χ0v) is 16.1. The minimum absolute atomic E-state index is 0.210. The fourth-order valence-electron chi connectivity index (χ4n) is 3.05. The molecule has 0 unspecified atom stereocenters. The Morgan fingerprint density at radius 2 is 1.83 bits per heavy atom. The van der Waals surface area contributed by atoms with Gasteiger partial charge in [-0.25, -0.2) is 9.36 Å². The van der Waals surface area contributed by atoms with Crippen molar-refractivity contribution >= 4 is 11.6 Å². The third kappa shape index (κ3) is 3.77. The van der Waals surface area contributed by atoms with Crippen LogP contribution >= 0.6 is 0 Å². The first kappa shape index (κ1) is 19.3. The SMILES string of the molecule is CCOc1ccc(-n2c(=O)[nH]cc(C(=O)Nc3ccc4c(c3)OCCO4)c2=O)cc1. The molecule has 0 spiro atoms. The molecule has 2 aromatic carbocycles. The molecule has 1 aliphatic heterocycles. The van der Waals surface area contributed by atoms with Gasteiger partial charge in [0.25, 0.3) is 11.5 Å². The average Bonchev–Trinajstić information content (AvgIpc) is 2.75. The lowest BCUT2D eigenvalue weighted by Gasteiger charge is -2.19. The number of aromatic amines is 1. The van der Waals surface area contributed by atoms with Crippen molar-refractivity contribution in [2.45, 2.75) is 6.92 Å². The topological polar surface area (TPSA) is 112 Å². The van der Waals surface area contributed by atoms with Gasteiger partial charge in [-0.1, -0.05) is 0 Å². The predicted molar refractivity (Wildman–Crippen MR) is 109 cm³/mol. The lowest BCUT2D eigenvalue weighted by molar-refractivity contribution is 0.102. The molecule has 0 saturated heterocycles. The fourth-order valence-corrected chi connectivity index (χ4v) is 3.05. The van der Waals surface area contributed by atoms with E-state index in [-0.39, 0.29) is 5.56 Å². The number of aromatic nitrogens is 2. The molecule has 0 fully saturated rings. The summed E-state index contributed by atoms with van der Waals surface area (Å²) in [5.74, 6) is 1.04. The van der Waals surface area contributed by atoms with Gasteiger partial charge in [0.1, 0.15) is 24.5 Å². The number of fused-ring (bicyclic) bond motifs is 1. The standard InChI is InChI=1S/C21H19N3O6/c1-2-28-15-6-4-14(5-7-15)24-20(26)16(12-22-21(24)27)19(25)23-13-3-8-17-18(11-13)30-10-9-29-17/h3-8,11-12H,2,9-10H2,1H3,(H,22,27)(H,23,25). The van der Waals surface area contributed by atoms with Crippen LogP contribution in [0.3, 0.4) is 0 Å². The van der Waals surface area contributed by atoms with Gasteiger partial charge >= 0.3 is 5.69 Å². The van der Waals surface area contributed by atoms with Crippen molar-refractivity contribution in [3.05, 3.63) is 75.1 Å². The maximum atomic E-state index is 12.9. The largest absolute Gasteiger partial charge is 0.494 e. The molecule has 3 aromatic rings. The van der Waals surface area contributed by atoms with Crippen LogP contribution in [-0.4, -0.2) is 35.3 Å². The van der Waals surface area contributed by atoms with E-state index < -0.39 is 17.2 Å². The van der Waals surface area contributed by atoms with Gasteiger partial charge in [0.15, 0.2) is 11.5 Å². The van der Waals surface area contributed by atoms with Crippen LogP contribution in [-0.2, 0) is 0 Å². The zero-order valence-electron chi connectivity index (χ0n) is 16.1. The minimum atomic E-state index is -0.738. The molecule has 30 heavy (non-hydrogen) atoms. The summed E-state index contributed by atoms with van der Waals surface area (Å²) in [5.41, 5.74) is -0.850. The molecule has 9 heteroatoms. The Morgan fingerprint density at radius 3 is 2.57 bits per heavy atom. The number of hydrogen-bond acceptors (Lipinski definition) is 6. The summed E-state index contributed by atoms with van der Waals surface area (Å²) in [5, 5.41) is 2.64. The van der Waals surface area contributed by atoms with E-state index in [4.69, 9.17) is 14.2 Å². The van der Waals surface area contributed by atoms with Crippen molar-refractivity contribution in [2.75, 3.05) is 25.1 Å². The predicted octanol–water partition coefficient (Wildman–Crippen LogP) is 1.95. The van der Waals surface area contributed by atoms with Gasteiger partial charge in [-0.3, -0.25) is 9.59 Å². The van der Waals surface area contributed by atoms with E-state index in [9.17, 15) is 14.4 Å². The van der Waals surface area contributed by atoms with Crippen LogP contribution in [0.5, 0.6) is 17.2 Å². The first-order valence-corrected chi connectivity index (χ1v) is 9.36. The Balaban J connectivity index is 1.63. The van der Waals surface area contributed by atoms with Crippen LogP contribution in [0.1, 0.15) is 17.3 Å². The Labute approximate surface area is 170 Å². The van der Waals surface area contributed by atoms with E-state index in [0.29, 0.717) is 48.4 Å². The summed E-state index contributed by atoms with van der Waals surface area (Å²) in [7, 11) is 0. The average molecular weight is 409 g/mol. The Kier molecular flexibility index (Phi) is 5.25. The Bertz CT molecular complexity index is 1200. The molecular formula is C21H19N3O6. The smallest absolute Gasteiger partial charge is 0.333 e. The van der Waals surface area contributed by atoms with Crippen molar-refractivity contribution in [1.82, 2.24) is 9.55 Å². The highest BCUT2D eigenvalue weighted by atomic mass is 16.6. The zero-order chi connectivity index (χ0) is 21.1. The quantitative estimate of drug-likeness (QED) is 0.666. The van der Waals surface area contributed by atoms with E-state index in [1.807, 2.05) is 6.92 Å². The summed E-state index contributed by atoms with van der Waals surface area (Å²) in [6, 6.07) is 11.4. The number of H-pyrrole nitrogens is 1. The summed E-state index contributed by atoms with van der Waals surface area (Å²) in [6.45, 7) is 3.22. The summed E-state index contributed by atoms with van der Waals surface area (Å²) in [6.07, 6.45) is 1.10. The summed E-state index contributed by atoms with van der Waals surface area (Å²) >= 11 is 0. The first-order valence-electron chi connectivity index (χ1n) is 9.36. The second-order valence-electron chi connectivity index (χ2n) is 6.39. The first-order chi connectivity index (χ1) is 14.6. The number of carbonyl (C=O) groups excluding carboxylic acids is 1. The van der Waals surface area contributed by atoms with Gasteiger partial charge in [0.05, 0.1) is 12.3 Å². The molecule has 9 nitrogen and oxygen atoms in total. The van der Waals surface area contributed by atoms with Crippen LogP contribution in [0.15, 0.2) is 58.3 Å². The Hall–Kier alpha value is -4.01. The van der Waals surface area contributed by atoms with Crippen molar-refractivity contribution in [3.8, 4) is 22.9 Å². The molecule has 2 heterocycles. The van der Waals surface area contributed by atoms with Gasteiger partial charge in [0, 0.05) is 18.0 Å². The van der Waals surface area contributed by atoms with Crippen LogP contribution < -0.4 is 30.8 Å². The molecule has 4 rings (SSSR count). The third-order valence-corrected chi connectivity index (χ3v) is 4.43. The van der Waals surface area contributed by atoms with E-state index in [1.54, 1.807) is 42.5 Å². The molecule has 2 N–H and O–H groups in total. The number of ether oxygens (including phenoxy) is 3. The van der Waals surface area contributed by atoms with E-state index in [2.05, 4.69) is 10.3 Å². The second-order valence-corrected chi connectivity index (χ2v) is 6.39. The normalized spacial score (nSPS) is 12.3. The molecule has 0 atom stereocenters. The monoisotopic (exact) mass is 409 g/mol. The van der Waals surface area contributed by atoms with E-state index in [1.165, 1.54) is 0 Å². The van der Waals surface area contributed by atoms with Gasteiger partial charge < -0.3 is 24.5 Å². The van der Waals surface area contributed by atoms with Crippen molar-refractivity contribution in [3.63, 3.8) is 0 Å². The van der Waals surface area contributed by atoms with E-state index >= 15 is 0 Å². The van der Waals surface area contributed by atoms with Gasteiger partial charge in [-0.05, 0) is 43.3 Å². The number of rotatable bonds is 5. The highest BCUT2D eigenvalue weighted by molar-refractivity contribution is 6.04. The van der Waals surface area contributed by atoms with Crippen LogP contribution in [0.2, 0.25) is 0 Å². The summed E-state index contributed by atoms with van der Waals surface area (Å²) in [4.78, 5) is 40.3. The maximum absolute atomic E-state index is 12.9. The van der Waals surface area contributed by atoms with Crippen LogP contribution in [0.25, 0.3) is 5.69 Å². The molecule has 0 bridgehead atoms. The second kappa shape index (κ2) is 8.16. The number of anilines is 1. The molecule has 1 amide bonds. The highest BCUT2D eigenvalue weighted by Gasteiger charge is 2.18. The number of benzene rings is 2. The third-order valence-electron chi connectivity index (χ3n) is 4.43. The number of hydrogen-bond donors (Lipinski definition) is 2. The molecule has 0 aliphatic carbocycles. The molecule has 0 saturated carbocycles. The molecule has 1 aliphatic rings. The van der Waals surface area contributed by atoms with Crippen molar-refractivity contribution in [2.24, 2.45) is 0 Å². The number of amides is 1. The number of nitrogens with one attached hydrogen (secondary N) is 2. The van der Waals surface area contributed by atoms with Crippen molar-refractivity contribution < 1.29 is 19.0 Å². The number of nitrogens with zero attached hydrogens (tertiary/aromatic N) is 1. The van der Waals surface area contributed by atoms with E-state index in [0.717, 1.165) is 10.8 Å². The lowest BCUT2D eigenvalue weighted by Crippen LogP contribution is -2.38. The maximum Gasteiger partial charge on any atom is 0.333 e. The number of carbonyl (C=O) groups is 1. The molecule has 154 valence electrons. The minimum Gasteiger partial charge on any atom is -0.494 e. The summed E-state index contributed by atoms with van der Waals surface area (Å²) < 4.78 is 17.2. The molecular weight excluding hydrogens is 390 g/mol. The van der Waals surface area contributed by atoms with Crippen LogP contribution in [0, 0.1) is 0 Å². The molecule has 1 aromatic heterocycles. The lowest BCUT2D eigenvalue weighted by atomic mass is 10.2. The molecule has 0 radical (unpaired) electrons. The van der Waals surface area contributed by atoms with Gasteiger partial charge in [-0.2, -0.15) is 0 Å². The van der Waals surface area contributed by atoms with Crippen LogP contribution in [0.4, 0.5) is 5.69 Å². The van der Waals surface area contributed by atoms with Gasteiger partial charge in [0.2, 0.25) is 0 Å².